The lowest BCUT2D eigenvalue weighted by molar-refractivity contribution is 0.0946. The van der Waals surface area contributed by atoms with Crippen molar-refractivity contribution < 1.29 is 19.0 Å². The van der Waals surface area contributed by atoms with Gasteiger partial charge in [-0.2, -0.15) is 0 Å². The second-order valence-corrected chi connectivity index (χ2v) is 5.16. The van der Waals surface area contributed by atoms with Crippen molar-refractivity contribution in [3.8, 4) is 11.5 Å². The standard InChI is InChI=1S/C18H23N3O4/c1-23-9-7-20-15-11-14(12-19-13-15)18(22)21-8-10-25-17-5-3-16(24-2)4-6-17/h3-6,11-13,20H,7-10H2,1-2H3,(H,21,22). The van der Waals surface area contributed by atoms with Gasteiger partial charge in [0.05, 0.1) is 31.5 Å². The van der Waals surface area contributed by atoms with Gasteiger partial charge in [-0.1, -0.05) is 0 Å². The van der Waals surface area contributed by atoms with Crippen molar-refractivity contribution in [2.45, 2.75) is 0 Å². The van der Waals surface area contributed by atoms with Gasteiger partial charge in [-0.3, -0.25) is 9.78 Å². The molecule has 1 heterocycles. The lowest BCUT2D eigenvalue weighted by atomic mass is 10.2. The number of pyridine rings is 1. The first-order valence-corrected chi connectivity index (χ1v) is 7.96. The van der Waals surface area contributed by atoms with Crippen LogP contribution in [0.15, 0.2) is 42.7 Å². The van der Waals surface area contributed by atoms with Crippen molar-refractivity contribution in [2.24, 2.45) is 0 Å². The second kappa shape index (κ2) is 10.1. The summed E-state index contributed by atoms with van der Waals surface area (Å²) in [4.78, 5) is 16.2. The highest BCUT2D eigenvalue weighted by molar-refractivity contribution is 5.94. The SMILES string of the molecule is COCCNc1cncc(C(=O)NCCOc2ccc(OC)cc2)c1. The van der Waals surface area contributed by atoms with Crippen LogP contribution in [-0.4, -0.2) is 51.4 Å². The molecule has 0 atom stereocenters. The number of nitrogens with zero attached hydrogens (tertiary/aromatic N) is 1. The van der Waals surface area contributed by atoms with Crippen LogP contribution in [0.25, 0.3) is 0 Å². The maximum atomic E-state index is 12.1. The molecule has 0 aliphatic heterocycles. The Labute approximate surface area is 147 Å². The van der Waals surface area contributed by atoms with E-state index in [1.165, 1.54) is 6.20 Å². The molecule has 1 amide bonds. The fourth-order valence-electron chi connectivity index (χ4n) is 2.07. The van der Waals surface area contributed by atoms with Crippen molar-refractivity contribution in [3.63, 3.8) is 0 Å². The Hall–Kier alpha value is -2.80. The molecular formula is C18H23N3O4. The number of carbonyl (C=O) groups excluding carboxylic acids is 1. The number of hydrogen-bond acceptors (Lipinski definition) is 6. The Balaban J connectivity index is 1.74. The van der Waals surface area contributed by atoms with E-state index in [9.17, 15) is 4.79 Å². The van der Waals surface area contributed by atoms with Gasteiger partial charge < -0.3 is 24.8 Å². The molecule has 0 fully saturated rings. The number of amides is 1. The molecule has 0 radical (unpaired) electrons. The summed E-state index contributed by atoms with van der Waals surface area (Å²) in [7, 11) is 3.25. The minimum Gasteiger partial charge on any atom is -0.497 e. The number of rotatable bonds is 10. The summed E-state index contributed by atoms with van der Waals surface area (Å²) in [6, 6.07) is 9.03. The zero-order chi connectivity index (χ0) is 17.9. The third-order valence-electron chi connectivity index (χ3n) is 3.35. The first-order chi connectivity index (χ1) is 12.2. The number of ether oxygens (including phenoxy) is 3. The van der Waals surface area contributed by atoms with Crippen molar-refractivity contribution in [2.75, 3.05) is 45.8 Å². The van der Waals surface area contributed by atoms with Crippen molar-refractivity contribution in [3.05, 3.63) is 48.3 Å². The van der Waals surface area contributed by atoms with Crippen LogP contribution in [0.5, 0.6) is 11.5 Å². The molecule has 2 rings (SSSR count). The predicted molar refractivity (Wildman–Crippen MR) is 95.4 cm³/mol. The molecule has 25 heavy (non-hydrogen) atoms. The van der Waals surface area contributed by atoms with Crippen molar-refractivity contribution in [1.29, 1.82) is 0 Å². The maximum Gasteiger partial charge on any atom is 0.253 e. The van der Waals surface area contributed by atoms with E-state index in [1.807, 2.05) is 24.3 Å². The highest BCUT2D eigenvalue weighted by atomic mass is 16.5. The molecule has 0 spiro atoms. The Morgan fingerprint density at radius 1 is 1.04 bits per heavy atom. The lowest BCUT2D eigenvalue weighted by Gasteiger charge is -2.09. The van der Waals surface area contributed by atoms with Gasteiger partial charge in [-0.15, -0.1) is 0 Å². The normalized spacial score (nSPS) is 10.2. The first-order valence-electron chi connectivity index (χ1n) is 7.96. The molecule has 0 aliphatic rings. The van der Waals surface area contributed by atoms with Crippen LogP contribution in [0.3, 0.4) is 0 Å². The number of anilines is 1. The summed E-state index contributed by atoms with van der Waals surface area (Å²) >= 11 is 0. The first kappa shape index (κ1) is 18.5. The van der Waals surface area contributed by atoms with Gasteiger partial charge in [0.25, 0.3) is 5.91 Å². The Bertz CT molecular complexity index is 662. The van der Waals surface area contributed by atoms with Crippen LogP contribution >= 0.6 is 0 Å². The van der Waals surface area contributed by atoms with E-state index >= 15 is 0 Å². The van der Waals surface area contributed by atoms with E-state index in [0.29, 0.717) is 31.9 Å². The summed E-state index contributed by atoms with van der Waals surface area (Å²) in [6.45, 7) is 2.00. The van der Waals surface area contributed by atoms with Crippen LogP contribution < -0.4 is 20.1 Å². The summed E-state index contributed by atoms with van der Waals surface area (Å²) < 4.78 is 15.6. The van der Waals surface area contributed by atoms with Crippen LogP contribution in [0, 0.1) is 0 Å². The van der Waals surface area contributed by atoms with E-state index in [2.05, 4.69) is 15.6 Å². The third kappa shape index (κ3) is 6.31. The molecule has 0 unspecified atom stereocenters. The van der Waals surface area contributed by atoms with E-state index in [1.54, 1.807) is 26.5 Å². The molecule has 2 N–H and O–H groups in total. The smallest absolute Gasteiger partial charge is 0.253 e. The molecule has 0 saturated carbocycles. The fourth-order valence-corrected chi connectivity index (χ4v) is 2.07. The van der Waals surface area contributed by atoms with Gasteiger partial charge in [0.2, 0.25) is 0 Å². The molecule has 1 aromatic carbocycles. The predicted octanol–water partition coefficient (Wildman–Crippen LogP) is 1.96. The number of benzene rings is 1. The summed E-state index contributed by atoms with van der Waals surface area (Å²) in [5, 5.41) is 5.94. The average Bonchev–Trinajstić information content (AvgIpc) is 2.66. The minimum atomic E-state index is -0.193. The topological polar surface area (TPSA) is 81.7 Å². The van der Waals surface area contributed by atoms with Crippen LogP contribution in [-0.2, 0) is 4.74 Å². The van der Waals surface area contributed by atoms with Crippen LogP contribution in [0.1, 0.15) is 10.4 Å². The van der Waals surface area contributed by atoms with E-state index in [0.717, 1.165) is 17.2 Å². The molecule has 1 aromatic heterocycles. The van der Waals surface area contributed by atoms with Gasteiger partial charge in [0.1, 0.15) is 18.1 Å². The minimum absolute atomic E-state index is 0.193. The largest absolute Gasteiger partial charge is 0.497 e. The van der Waals surface area contributed by atoms with Crippen LogP contribution in [0.2, 0.25) is 0 Å². The second-order valence-electron chi connectivity index (χ2n) is 5.16. The van der Waals surface area contributed by atoms with E-state index in [4.69, 9.17) is 14.2 Å². The number of hydrogen-bond donors (Lipinski definition) is 2. The van der Waals surface area contributed by atoms with Crippen molar-refractivity contribution >= 4 is 11.6 Å². The zero-order valence-corrected chi connectivity index (χ0v) is 14.5. The summed E-state index contributed by atoms with van der Waals surface area (Å²) in [5.41, 5.74) is 1.27. The highest BCUT2D eigenvalue weighted by Crippen LogP contribution is 2.16. The third-order valence-corrected chi connectivity index (χ3v) is 3.35. The van der Waals surface area contributed by atoms with Gasteiger partial charge >= 0.3 is 0 Å². The highest BCUT2D eigenvalue weighted by Gasteiger charge is 2.06. The molecule has 2 aromatic rings. The average molecular weight is 345 g/mol. The number of carbonyl (C=O) groups is 1. The molecule has 7 heteroatoms. The number of methoxy groups -OCH3 is 2. The number of nitrogens with one attached hydrogen (secondary N) is 2. The number of aromatic nitrogens is 1. The Morgan fingerprint density at radius 2 is 1.80 bits per heavy atom. The van der Waals surface area contributed by atoms with Crippen molar-refractivity contribution in [1.82, 2.24) is 10.3 Å². The van der Waals surface area contributed by atoms with Gasteiger partial charge in [0, 0.05) is 26.0 Å². The monoisotopic (exact) mass is 345 g/mol. The molecular weight excluding hydrogens is 322 g/mol. The zero-order valence-electron chi connectivity index (χ0n) is 14.5. The fraction of sp³-hybridized carbons (Fsp3) is 0.333. The van der Waals surface area contributed by atoms with E-state index < -0.39 is 0 Å². The van der Waals surface area contributed by atoms with Crippen LogP contribution in [0.4, 0.5) is 5.69 Å². The molecule has 0 bridgehead atoms. The molecule has 0 aliphatic carbocycles. The summed E-state index contributed by atoms with van der Waals surface area (Å²) in [5.74, 6) is 1.30. The Kier molecular flexibility index (Phi) is 7.52. The maximum absolute atomic E-state index is 12.1. The lowest BCUT2D eigenvalue weighted by Crippen LogP contribution is -2.28. The van der Waals surface area contributed by atoms with Gasteiger partial charge in [-0.25, -0.2) is 0 Å². The molecule has 7 nitrogen and oxygen atoms in total. The molecule has 134 valence electrons. The summed E-state index contributed by atoms with van der Waals surface area (Å²) in [6.07, 6.45) is 3.19. The quantitative estimate of drug-likeness (QED) is 0.641. The van der Waals surface area contributed by atoms with Gasteiger partial charge in [-0.05, 0) is 30.3 Å². The Morgan fingerprint density at radius 3 is 2.52 bits per heavy atom. The van der Waals surface area contributed by atoms with Gasteiger partial charge in [0.15, 0.2) is 0 Å². The molecule has 0 saturated heterocycles. The van der Waals surface area contributed by atoms with E-state index in [-0.39, 0.29) is 5.91 Å².